The third-order valence-electron chi connectivity index (χ3n) is 2.03. The van der Waals surface area contributed by atoms with Gasteiger partial charge in [-0.3, -0.25) is 0 Å². The van der Waals surface area contributed by atoms with Crippen molar-refractivity contribution in [3.63, 3.8) is 0 Å². The minimum Gasteiger partial charge on any atom is -0.478 e. The summed E-state index contributed by atoms with van der Waals surface area (Å²) in [4.78, 5) is 14.9. The first-order valence-electron chi connectivity index (χ1n) is 4.89. The fourth-order valence-corrected chi connectivity index (χ4v) is 2.03. The predicted molar refractivity (Wildman–Crippen MR) is 62.0 cm³/mol. The van der Waals surface area contributed by atoms with E-state index in [1.807, 2.05) is 13.0 Å². The average Bonchev–Trinajstić information content (AvgIpc) is 2.73. The number of hydrogen-bond acceptors (Lipinski definition) is 5. The van der Waals surface area contributed by atoms with Crippen molar-refractivity contribution < 1.29 is 14.4 Å². The van der Waals surface area contributed by atoms with Gasteiger partial charge in [0.25, 0.3) is 0 Å². The molecule has 2 aromatic rings. The fraction of sp³-hybridized carbons (Fsp3) is 0.182. The van der Waals surface area contributed by atoms with Crippen LogP contribution in [-0.4, -0.2) is 21.2 Å². The van der Waals surface area contributed by atoms with Crippen LogP contribution in [0.1, 0.15) is 21.8 Å². The Balaban J connectivity index is 2.04. The van der Waals surface area contributed by atoms with Crippen LogP contribution in [0.15, 0.2) is 33.9 Å². The van der Waals surface area contributed by atoms with Gasteiger partial charge >= 0.3 is 5.97 Å². The Kier molecular flexibility index (Phi) is 3.43. The summed E-state index contributed by atoms with van der Waals surface area (Å²) in [5.74, 6) is 0.410. The zero-order valence-corrected chi connectivity index (χ0v) is 9.90. The molecule has 2 heterocycles. The maximum absolute atomic E-state index is 10.8. The summed E-state index contributed by atoms with van der Waals surface area (Å²) in [6.45, 7) is 1.82. The normalized spacial score (nSPS) is 10.4. The van der Waals surface area contributed by atoms with E-state index in [9.17, 15) is 4.79 Å². The molecule has 0 aliphatic carbocycles. The van der Waals surface area contributed by atoms with Crippen molar-refractivity contribution in [3.05, 3.63) is 41.4 Å². The van der Waals surface area contributed by atoms with E-state index in [0.717, 1.165) is 11.5 Å². The van der Waals surface area contributed by atoms with Gasteiger partial charge in [0.1, 0.15) is 5.76 Å². The highest BCUT2D eigenvalue weighted by Gasteiger charge is 2.06. The SMILES string of the molecule is Cc1cc(CSc2cc(C(=O)O)ccn2)no1. The first-order chi connectivity index (χ1) is 8.15. The average molecular weight is 250 g/mol. The molecule has 88 valence electrons. The Morgan fingerprint density at radius 1 is 1.53 bits per heavy atom. The van der Waals surface area contributed by atoms with Gasteiger partial charge in [0.05, 0.1) is 16.3 Å². The Morgan fingerprint density at radius 3 is 3.00 bits per heavy atom. The molecule has 0 aliphatic heterocycles. The Morgan fingerprint density at radius 2 is 2.35 bits per heavy atom. The molecular formula is C11H10N2O3S. The van der Waals surface area contributed by atoms with Gasteiger partial charge in [-0.1, -0.05) is 16.9 Å². The summed E-state index contributed by atoms with van der Waals surface area (Å²) in [6, 6.07) is 4.85. The van der Waals surface area contributed by atoms with Crippen LogP contribution in [0.3, 0.4) is 0 Å². The van der Waals surface area contributed by atoms with Crippen LogP contribution >= 0.6 is 11.8 Å². The number of carbonyl (C=O) groups is 1. The van der Waals surface area contributed by atoms with Crippen molar-refractivity contribution in [2.24, 2.45) is 0 Å². The molecule has 2 aromatic heterocycles. The second kappa shape index (κ2) is 5.01. The highest BCUT2D eigenvalue weighted by atomic mass is 32.2. The lowest BCUT2D eigenvalue weighted by molar-refractivity contribution is 0.0696. The van der Waals surface area contributed by atoms with Gasteiger partial charge in [-0.05, 0) is 19.1 Å². The molecule has 0 fully saturated rings. The largest absolute Gasteiger partial charge is 0.478 e. The zero-order chi connectivity index (χ0) is 12.3. The highest BCUT2D eigenvalue weighted by Crippen LogP contribution is 2.21. The van der Waals surface area contributed by atoms with Gasteiger partial charge in [-0.15, -0.1) is 0 Å². The molecule has 0 aliphatic rings. The van der Waals surface area contributed by atoms with Crippen molar-refractivity contribution in [3.8, 4) is 0 Å². The van der Waals surface area contributed by atoms with E-state index in [2.05, 4.69) is 10.1 Å². The summed E-state index contributed by atoms with van der Waals surface area (Å²) in [5, 5.41) is 13.3. The first kappa shape index (κ1) is 11.7. The van der Waals surface area contributed by atoms with Crippen LogP contribution in [0.25, 0.3) is 0 Å². The third-order valence-corrected chi connectivity index (χ3v) is 2.99. The first-order valence-corrected chi connectivity index (χ1v) is 5.88. The molecular weight excluding hydrogens is 240 g/mol. The number of aromatic nitrogens is 2. The van der Waals surface area contributed by atoms with Crippen molar-refractivity contribution in [1.29, 1.82) is 0 Å². The maximum Gasteiger partial charge on any atom is 0.335 e. The van der Waals surface area contributed by atoms with Crippen LogP contribution in [0.4, 0.5) is 0 Å². The quantitative estimate of drug-likeness (QED) is 0.839. The second-order valence-electron chi connectivity index (χ2n) is 3.41. The van der Waals surface area contributed by atoms with E-state index in [1.54, 1.807) is 6.07 Å². The molecule has 0 radical (unpaired) electrons. The molecule has 1 N–H and O–H groups in total. The number of carboxylic acid groups (broad SMARTS) is 1. The molecule has 0 saturated heterocycles. The summed E-state index contributed by atoms with van der Waals surface area (Å²) in [7, 11) is 0. The highest BCUT2D eigenvalue weighted by molar-refractivity contribution is 7.98. The molecule has 0 spiro atoms. The van der Waals surface area contributed by atoms with E-state index < -0.39 is 5.97 Å². The zero-order valence-electron chi connectivity index (χ0n) is 9.08. The van der Waals surface area contributed by atoms with Crippen molar-refractivity contribution in [2.45, 2.75) is 17.7 Å². The molecule has 0 amide bonds. The number of pyridine rings is 1. The lowest BCUT2D eigenvalue weighted by Gasteiger charge is -1.99. The lowest BCUT2D eigenvalue weighted by Crippen LogP contribution is -1.96. The monoisotopic (exact) mass is 250 g/mol. The van der Waals surface area contributed by atoms with Gasteiger partial charge in [0.2, 0.25) is 0 Å². The molecule has 0 unspecified atom stereocenters. The Labute approximate surface area is 102 Å². The van der Waals surface area contributed by atoms with Crippen molar-refractivity contribution >= 4 is 17.7 Å². The van der Waals surface area contributed by atoms with E-state index >= 15 is 0 Å². The van der Waals surface area contributed by atoms with Gasteiger partial charge in [-0.25, -0.2) is 9.78 Å². The Hall–Kier alpha value is -1.82. The van der Waals surface area contributed by atoms with Crippen LogP contribution in [0.5, 0.6) is 0 Å². The molecule has 0 saturated carbocycles. The number of aryl methyl sites for hydroxylation is 1. The van der Waals surface area contributed by atoms with Crippen molar-refractivity contribution in [1.82, 2.24) is 10.1 Å². The van der Waals surface area contributed by atoms with Gasteiger partial charge in [0.15, 0.2) is 0 Å². The van der Waals surface area contributed by atoms with Crippen LogP contribution in [0.2, 0.25) is 0 Å². The molecule has 17 heavy (non-hydrogen) atoms. The number of carboxylic acids is 1. The summed E-state index contributed by atoms with van der Waals surface area (Å²) >= 11 is 1.42. The molecule has 0 bridgehead atoms. The van der Waals surface area contributed by atoms with Gasteiger partial charge < -0.3 is 9.63 Å². The topological polar surface area (TPSA) is 76.2 Å². The molecule has 5 nitrogen and oxygen atoms in total. The van der Waals surface area contributed by atoms with Crippen LogP contribution in [-0.2, 0) is 5.75 Å². The van der Waals surface area contributed by atoms with E-state index in [4.69, 9.17) is 9.63 Å². The Bertz CT molecular complexity index is 539. The summed E-state index contributed by atoms with van der Waals surface area (Å²) in [6.07, 6.45) is 1.49. The predicted octanol–water partition coefficient (Wildman–Crippen LogP) is 2.37. The third kappa shape index (κ3) is 3.07. The van der Waals surface area contributed by atoms with E-state index in [0.29, 0.717) is 10.8 Å². The molecule has 0 atom stereocenters. The van der Waals surface area contributed by atoms with Gasteiger partial charge in [-0.2, -0.15) is 0 Å². The summed E-state index contributed by atoms with van der Waals surface area (Å²) < 4.78 is 4.94. The number of thioether (sulfide) groups is 1. The number of nitrogens with zero attached hydrogens (tertiary/aromatic N) is 2. The maximum atomic E-state index is 10.8. The summed E-state index contributed by atoms with van der Waals surface area (Å²) in [5.41, 5.74) is 1.05. The minimum atomic E-state index is -0.952. The second-order valence-corrected chi connectivity index (χ2v) is 4.40. The molecule has 2 rings (SSSR count). The molecule has 6 heteroatoms. The lowest BCUT2D eigenvalue weighted by atomic mass is 10.3. The van der Waals surface area contributed by atoms with Crippen LogP contribution in [0, 0.1) is 6.92 Å². The van der Waals surface area contributed by atoms with Gasteiger partial charge in [0, 0.05) is 18.0 Å². The van der Waals surface area contributed by atoms with Crippen molar-refractivity contribution in [2.75, 3.05) is 0 Å². The minimum absolute atomic E-state index is 0.235. The standard InChI is InChI=1S/C11H10N2O3S/c1-7-4-9(13-16-7)6-17-10-5-8(11(14)15)2-3-12-10/h2-5H,6H2,1H3,(H,14,15). The van der Waals surface area contributed by atoms with E-state index in [1.165, 1.54) is 24.0 Å². The fourth-order valence-electron chi connectivity index (χ4n) is 1.26. The number of hydrogen-bond donors (Lipinski definition) is 1. The smallest absolute Gasteiger partial charge is 0.335 e. The number of aromatic carboxylic acids is 1. The number of rotatable bonds is 4. The van der Waals surface area contributed by atoms with E-state index in [-0.39, 0.29) is 5.56 Å². The van der Waals surface area contributed by atoms with Crippen LogP contribution < -0.4 is 0 Å². The molecule has 0 aromatic carbocycles.